The van der Waals surface area contributed by atoms with Crippen LogP contribution in [0, 0.1) is 15.9 Å². The molecule has 0 N–H and O–H groups in total. The second-order valence-corrected chi connectivity index (χ2v) is 7.53. The molecule has 0 aliphatic carbocycles. The first kappa shape index (κ1) is 19.3. The summed E-state index contributed by atoms with van der Waals surface area (Å²) in [5.41, 5.74) is 1.27. The maximum Gasteiger partial charge on any atom is 0.298 e. The first-order valence-electron chi connectivity index (χ1n) is 7.82. The van der Waals surface area contributed by atoms with Crippen molar-refractivity contribution in [1.82, 2.24) is 0 Å². The lowest BCUT2D eigenvalue weighted by atomic mass is 10.1. The lowest BCUT2D eigenvalue weighted by Gasteiger charge is -2.12. The average Bonchev–Trinajstić information content (AvgIpc) is 2.94. The second kappa shape index (κ2) is 8.50. The van der Waals surface area contributed by atoms with Crippen molar-refractivity contribution >= 4 is 57.3 Å². The molecule has 3 rings (SSSR count). The van der Waals surface area contributed by atoms with Crippen LogP contribution >= 0.6 is 34.4 Å². The van der Waals surface area contributed by atoms with Crippen LogP contribution in [-0.4, -0.2) is 24.9 Å². The first-order chi connectivity index (χ1) is 13.0. The number of terminal acetylenes is 1. The van der Waals surface area contributed by atoms with E-state index in [9.17, 15) is 9.59 Å². The molecule has 1 aliphatic rings. The standard InChI is InChI=1S/C20H14INO4S/c1-3-9-26-18-15(21)10-13(11-16(18)25-2)12-17-19(23)22(20(24)27-17)14-7-5-4-6-8-14/h1,4-8,10-12H,9H2,2H3/b17-12-. The van der Waals surface area contributed by atoms with Crippen molar-refractivity contribution in [2.24, 2.45) is 0 Å². The van der Waals surface area contributed by atoms with Crippen LogP contribution < -0.4 is 14.4 Å². The van der Waals surface area contributed by atoms with Crippen LogP contribution in [0.25, 0.3) is 6.08 Å². The zero-order chi connectivity index (χ0) is 19.4. The molecule has 5 nitrogen and oxygen atoms in total. The van der Waals surface area contributed by atoms with E-state index in [-0.39, 0.29) is 17.8 Å². The maximum absolute atomic E-state index is 12.7. The summed E-state index contributed by atoms with van der Waals surface area (Å²) >= 11 is 3.02. The molecule has 2 aromatic rings. The Morgan fingerprint density at radius 2 is 2.00 bits per heavy atom. The Balaban J connectivity index is 1.93. The summed E-state index contributed by atoms with van der Waals surface area (Å²) in [5.74, 6) is 3.12. The average molecular weight is 491 g/mol. The molecule has 0 unspecified atom stereocenters. The molecule has 1 aliphatic heterocycles. The van der Waals surface area contributed by atoms with Gasteiger partial charge in [-0.2, -0.15) is 0 Å². The van der Waals surface area contributed by atoms with Crippen LogP contribution in [0.2, 0.25) is 0 Å². The number of hydrogen-bond acceptors (Lipinski definition) is 5. The highest BCUT2D eigenvalue weighted by Crippen LogP contribution is 2.38. The van der Waals surface area contributed by atoms with E-state index < -0.39 is 0 Å². The normalized spacial score (nSPS) is 15.1. The molecule has 1 saturated heterocycles. The minimum Gasteiger partial charge on any atom is -0.493 e. The zero-order valence-electron chi connectivity index (χ0n) is 14.3. The Kier molecular flexibility index (Phi) is 6.08. The van der Waals surface area contributed by atoms with E-state index in [1.165, 1.54) is 12.0 Å². The number of methoxy groups -OCH3 is 1. The number of carbonyl (C=O) groups excluding carboxylic acids is 2. The number of thioether (sulfide) groups is 1. The highest BCUT2D eigenvalue weighted by atomic mass is 127. The SMILES string of the molecule is C#CCOc1c(I)cc(/C=C2\SC(=O)N(c3ccccc3)C2=O)cc1OC. The Bertz CT molecular complexity index is 966. The van der Waals surface area contributed by atoms with Crippen LogP contribution in [-0.2, 0) is 4.79 Å². The molecule has 0 saturated carbocycles. The van der Waals surface area contributed by atoms with Gasteiger partial charge in [0.2, 0.25) is 0 Å². The lowest BCUT2D eigenvalue weighted by molar-refractivity contribution is -0.113. The number of nitrogens with zero attached hydrogens (tertiary/aromatic N) is 1. The number of ether oxygens (including phenoxy) is 2. The van der Waals surface area contributed by atoms with Crippen molar-refractivity contribution in [1.29, 1.82) is 0 Å². The third kappa shape index (κ3) is 4.12. The van der Waals surface area contributed by atoms with Crippen LogP contribution in [0.4, 0.5) is 10.5 Å². The molecule has 1 heterocycles. The molecule has 0 radical (unpaired) electrons. The summed E-state index contributed by atoms with van der Waals surface area (Å²) in [5, 5.41) is -0.326. The predicted octanol–water partition coefficient (Wildman–Crippen LogP) is 4.55. The molecule has 2 amide bonds. The van der Waals surface area contributed by atoms with E-state index in [4.69, 9.17) is 15.9 Å². The monoisotopic (exact) mass is 491 g/mol. The Morgan fingerprint density at radius 1 is 1.26 bits per heavy atom. The van der Waals surface area contributed by atoms with Crippen molar-refractivity contribution in [3.63, 3.8) is 0 Å². The topological polar surface area (TPSA) is 55.8 Å². The number of imide groups is 1. The van der Waals surface area contributed by atoms with Gasteiger partial charge in [0.05, 0.1) is 21.3 Å². The second-order valence-electron chi connectivity index (χ2n) is 5.38. The van der Waals surface area contributed by atoms with E-state index in [1.54, 1.807) is 36.4 Å². The van der Waals surface area contributed by atoms with Crippen molar-refractivity contribution in [3.05, 3.63) is 56.5 Å². The third-order valence-electron chi connectivity index (χ3n) is 3.66. The molecule has 0 atom stereocenters. The van der Waals surface area contributed by atoms with Gasteiger partial charge in [-0.05, 0) is 70.3 Å². The number of halogens is 1. The number of anilines is 1. The van der Waals surface area contributed by atoms with Gasteiger partial charge in [0.1, 0.15) is 6.61 Å². The van der Waals surface area contributed by atoms with Crippen molar-refractivity contribution < 1.29 is 19.1 Å². The molecule has 7 heteroatoms. The van der Waals surface area contributed by atoms with Gasteiger partial charge in [0.15, 0.2) is 11.5 Å². The Morgan fingerprint density at radius 3 is 2.67 bits per heavy atom. The minimum atomic E-state index is -0.349. The highest BCUT2D eigenvalue weighted by Gasteiger charge is 2.36. The maximum atomic E-state index is 12.7. The Hall–Kier alpha value is -2.44. The summed E-state index contributed by atoms with van der Waals surface area (Å²) in [6.45, 7) is 0.127. The number of amides is 2. The first-order valence-corrected chi connectivity index (χ1v) is 9.71. The fourth-order valence-electron chi connectivity index (χ4n) is 2.50. The third-order valence-corrected chi connectivity index (χ3v) is 5.33. The summed E-state index contributed by atoms with van der Waals surface area (Å²) in [7, 11) is 1.53. The van der Waals surface area contributed by atoms with Crippen molar-refractivity contribution in [2.45, 2.75) is 0 Å². The largest absolute Gasteiger partial charge is 0.493 e. The quantitative estimate of drug-likeness (QED) is 0.349. The van der Waals surface area contributed by atoms with Gasteiger partial charge in [-0.25, -0.2) is 4.90 Å². The number of hydrogen-bond donors (Lipinski definition) is 0. The fourth-order valence-corrected chi connectivity index (χ4v) is 4.12. The van der Waals surface area contributed by atoms with Gasteiger partial charge in [0, 0.05) is 0 Å². The fraction of sp³-hybridized carbons (Fsp3) is 0.100. The summed E-state index contributed by atoms with van der Waals surface area (Å²) in [6, 6.07) is 12.4. The van der Waals surface area contributed by atoms with Crippen LogP contribution in [0.15, 0.2) is 47.4 Å². The number of carbonyl (C=O) groups is 2. The molecule has 136 valence electrons. The van der Waals surface area contributed by atoms with Crippen LogP contribution in [0.1, 0.15) is 5.56 Å². The van der Waals surface area contributed by atoms with Crippen molar-refractivity contribution in [2.75, 3.05) is 18.6 Å². The van der Waals surface area contributed by atoms with Gasteiger partial charge in [-0.3, -0.25) is 9.59 Å². The van der Waals surface area contributed by atoms with Gasteiger partial charge in [0.25, 0.3) is 11.1 Å². The van der Waals surface area contributed by atoms with Gasteiger partial charge in [-0.15, -0.1) is 6.42 Å². The van der Waals surface area contributed by atoms with E-state index in [0.29, 0.717) is 22.1 Å². The van der Waals surface area contributed by atoms with Crippen molar-refractivity contribution in [3.8, 4) is 23.8 Å². The molecule has 0 aromatic heterocycles. The molecule has 1 fully saturated rings. The molecule has 0 bridgehead atoms. The molecule has 0 spiro atoms. The number of benzene rings is 2. The molecule has 27 heavy (non-hydrogen) atoms. The lowest BCUT2D eigenvalue weighted by Crippen LogP contribution is -2.27. The summed E-state index contributed by atoms with van der Waals surface area (Å²) in [6.07, 6.45) is 6.91. The van der Waals surface area contributed by atoms with E-state index in [0.717, 1.165) is 20.9 Å². The van der Waals surface area contributed by atoms with Crippen LogP contribution in [0.5, 0.6) is 11.5 Å². The highest BCUT2D eigenvalue weighted by molar-refractivity contribution is 14.1. The van der Waals surface area contributed by atoms with E-state index >= 15 is 0 Å². The summed E-state index contributed by atoms with van der Waals surface area (Å²) < 4.78 is 11.7. The predicted molar refractivity (Wildman–Crippen MR) is 115 cm³/mol. The zero-order valence-corrected chi connectivity index (χ0v) is 17.2. The Labute approximate surface area is 174 Å². The number of para-hydroxylation sites is 1. The molecule has 2 aromatic carbocycles. The smallest absolute Gasteiger partial charge is 0.298 e. The van der Waals surface area contributed by atoms with Crippen LogP contribution in [0.3, 0.4) is 0 Å². The van der Waals surface area contributed by atoms with Gasteiger partial charge in [-0.1, -0.05) is 24.1 Å². The molecular weight excluding hydrogens is 477 g/mol. The molecular formula is C20H14INO4S. The minimum absolute atomic E-state index is 0.127. The van der Waals surface area contributed by atoms with Gasteiger partial charge >= 0.3 is 0 Å². The van der Waals surface area contributed by atoms with E-state index in [1.807, 2.05) is 12.1 Å². The number of rotatable bonds is 5. The van der Waals surface area contributed by atoms with E-state index in [2.05, 4.69) is 28.5 Å². The summed E-state index contributed by atoms with van der Waals surface area (Å²) in [4.78, 5) is 26.5. The van der Waals surface area contributed by atoms with Gasteiger partial charge < -0.3 is 9.47 Å².